The van der Waals surface area contributed by atoms with Crippen molar-refractivity contribution in [2.24, 2.45) is 0 Å². The van der Waals surface area contributed by atoms with Crippen LogP contribution in [0.25, 0.3) is 4.96 Å². The second-order valence-electron chi connectivity index (χ2n) is 7.10. The third kappa shape index (κ3) is 3.01. The number of hydrogen-bond acceptors (Lipinski definition) is 7. The molecule has 0 spiro atoms. The highest BCUT2D eigenvalue weighted by Gasteiger charge is 2.36. The molecule has 5 heterocycles. The normalized spacial score (nSPS) is 19.2. The van der Waals surface area contributed by atoms with Crippen LogP contribution in [0.5, 0.6) is 5.88 Å². The average molecular weight is 412 g/mol. The predicted molar refractivity (Wildman–Crippen MR) is 111 cm³/mol. The Morgan fingerprint density at radius 2 is 2.18 bits per heavy atom. The number of aromatic hydroxyl groups is 1. The second kappa shape index (κ2) is 7.27. The summed E-state index contributed by atoms with van der Waals surface area (Å²) in [5, 5.41) is 17.5. The van der Waals surface area contributed by atoms with Gasteiger partial charge in [0.25, 0.3) is 0 Å². The lowest BCUT2D eigenvalue weighted by Gasteiger charge is -2.40. The summed E-state index contributed by atoms with van der Waals surface area (Å²) in [5.74, 6) is 0.876. The molecule has 2 unspecified atom stereocenters. The Morgan fingerprint density at radius 3 is 2.93 bits per heavy atom. The monoisotopic (exact) mass is 411 g/mol. The van der Waals surface area contributed by atoms with Gasteiger partial charge in [0.15, 0.2) is 0 Å². The van der Waals surface area contributed by atoms with E-state index in [0.717, 1.165) is 29.2 Å². The van der Waals surface area contributed by atoms with Crippen molar-refractivity contribution in [2.75, 3.05) is 6.54 Å². The van der Waals surface area contributed by atoms with Crippen molar-refractivity contribution in [3.05, 3.63) is 63.2 Å². The number of thiazole rings is 1. The molecule has 2 atom stereocenters. The second-order valence-corrected chi connectivity index (χ2v) is 9.09. The van der Waals surface area contributed by atoms with E-state index in [2.05, 4.69) is 43.5 Å². The van der Waals surface area contributed by atoms with Crippen molar-refractivity contribution in [2.45, 2.75) is 38.3 Å². The molecule has 0 radical (unpaired) electrons. The van der Waals surface area contributed by atoms with Crippen LogP contribution in [-0.2, 0) is 0 Å². The van der Waals surface area contributed by atoms with Crippen molar-refractivity contribution in [3.63, 3.8) is 0 Å². The number of likely N-dealkylation sites (tertiary alicyclic amines) is 1. The zero-order valence-corrected chi connectivity index (χ0v) is 17.2. The molecular formula is C20H21N5OS2. The third-order valence-corrected chi connectivity index (χ3v) is 7.31. The van der Waals surface area contributed by atoms with Gasteiger partial charge in [0.2, 0.25) is 10.8 Å². The Labute approximate surface area is 171 Å². The zero-order chi connectivity index (χ0) is 19.1. The van der Waals surface area contributed by atoms with E-state index >= 15 is 0 Å². The number of aromatic nitrogens is 4. The van der Waals surface area contributed by atoms with Crippen LogP contribution in [0.3, 0.4) is 0 Å². The molecule has 144 valence electrons. The lowest BCUT2D eigenvalue weighted by molar-refractivity contribution is 0.114. The minimum atomic E-state index is -0.0145. The summed E-state index contributed by atoms with van der Waals surface area (Å²) < 4.78 is 1.57. The summed E-state index contributed by atoms with van der Waals surface area (Å²) in [6, 6.07) is 8.66. The van der Waals surface area contributed by atoms with Crippen molar-refractivity contribution in [3.8, 4) is 5.88 Å². The Hall–Kier alpha value is -2.29. The van der Waals surface area contributed by atoms with Gasteiger partial charge in [0.05, 0.1) is 10.9 Å². The first-order valence-corrected chi connectivity index (χ1v) is 11.2. The van der Waals surface area contributed by atoms with E-state index in [-0.39, 0.29) is 18.0 Å². The minimum Gasteiger partial charge on any atom is -0.492 e. The van der Waals surface area contributed by atoms with E-state index in [1.165, 1.54) is 28.2 Å². The fourth-order valence-corrected chi connectivity index (χ4v) is 6.18. The molecule has 1 fully saturated rings. The molecule has 0 aliphatic carbocycles. The molecule has 0 saturated carbocycles. The molecule has 1 N–H and O–H groups in total. The number of fused-ring (bicyclic) bond motifs is 1. The van der Waals surface area contributed by atoms with Gasteiger partial charge in [-0.25, -0.2) is 4.98 Å². The van der Waals surface area contributed by atoms with Crippen LogP contribution in [0.1, 0.15) is 52.5 Å². The summed E-state index contributed by atoms with van der Waals surface area (Å²) in [6.45, 7) is 2.83. The summed E-state index contributed by atoms with van der Waals surface area (Å²) in [4.78, 5) is 14.2. The number of thiophene rings is 1. The van der Waals surface area contributed by atoms with E-state index in [1.54, 1.807) is 15.9 Å². The Balaban J connectivity index is 1.63. The van der Waals surface area contributed by atoms with Crippen LogP contribution >= 0.6 is 22.7 Å². The molecule has 0 amide bonds. The largest absolute Gasteiger partial charge is 0.492 e. The van der Waals surface area contributed by atoms with Crippen LogP contribution in [0.4, 0.5) is 0 Å². The molecular weight excluding hydrogens is 390 g/mol. The quantitative estimate of drug-likeness (QED) is 0.532. The molecule has 6 nitrogen and oxygen atoms in total. The maximum Gasteiger partial charge on any atom is 0.230 e. The van der Waals surface area contributed by atoms with Gasteiger partial charge in [-0.05, 0) is 49.4 Å². The Kier molecular flexibility index (Phi) is 4.62. The van der Waals surface area contributed by atoms with Crippen molar-refractivity contribution >= 4 is 27.6 Å². The SMILES string of the molecule is Cc1nc2sc(C(c3cccs3)N3CCCCC3c3cccnc3)c(O)n2n1. The van der Waals surface area contributed by atoms with Gasteiger partial charge in [0, 0.05) is 23.3 Å². The highest BCUT2D eigenvalue weighted by molar-refractivity contribution is 7.17. The fraction of sp³-hybridized carbons (Fsp3) is 0.350. The van der Waals surface area contributed by atoms with Crippen LogP contribution in [0.15, 0.2) is 42.0 Å². The van der Waals surface area contributed by atoms with Crippen molar-refractivity contribution in [1.29, 1.82) is 0 Å². The number of hydrogen-bond donors (Lipinski definition) is 1. The summed E-state index contributed by atoms with van der Waals surface area (Å²) in [7, 11) is 0. The van der Waals surface area contributed by atoms with Crippen LogP contribution in [0, 0.1) is 6.92 Å². The molecule has 28 heavy (non-hydrogen) atoms. The maximum atomic E-state index is 11.0. The van der Waals surface area contributed by atoms with E-state index in [9.17, 15) is 5.11 Å². The van der Waals surface area contributed by atoms with Gasteiger partial charge >= 0.3 is 0 Å². The molecule has 4 aromatic rings. The molecule has 1 aliphatic heterocycles. The minimum absolute atomic E-state index is 0.0145. The first kappa shape index (κ1) is 17.8. The van der Waals surface area contributed by atoms with Gasteiger partial charge in [-0.3, -0.25) is 9.88 Å². The predicted octanol–water partition coefficient (Wildman–Crippen LogP) is 4.58. The fourth-order valence-electron chi connectivity index (χ4n) is 4.11. The highest BCUT2D eigenvalue weighted by Crippen LogP contribution is 2.46. The van der Waals surface area contributed by atoms with E-state index in [1.807, 2.05) is 25.4 Å². The third-order valence-electron chi connectivity index (χ3n) is 5.31. The lowest BCUT2D eigenvalue weighted by atomic mass is 9.93. The van der Waals surface area contributed by atoms with Gasteiger partial charge < -0.3 is 5.11 Å². The van der Waals surface area contributed by atoms with Crippen molar-refractivity contribution < 1.29 is 5.11 Å². The summed E-state index contributed by atoms with van der Waals surface area (Å²) in [5.41, 5.74) is 1.23. The van der Waals surface area contributed by atoms with E-state index in [0.29, 0.717) is 5.82 Å². The smallest absolute Gasteiger partial charge is 0.230 e. The molecule has 1 saturated heterocycles. The highest BCUT2D eigenvalue weighted by atomic mass is 32.1. The number of piperidine rings is 1. The van der Waals surface area contributed by atoms with Crippen LogP contribution < -0.4 is 0 Å². The van der Waals surface area contributed by atoms with Gasteiger partial charge in [-0.1, -0.05) is 29.9 Å². The molecule has 8 heteroatoms. The summed E-state index contributed by atoms with van der Waals surface area (Å²) in [6.07, 6.45) is 7.24. The van der Waals surface area contributed by atoms with Crippen LogP contribution in [-0.4, -0.2) is 36.1 Å². The topological polar surface area (TPSA) is 66.5 Å². The number of rotatable bonds is 4. The number of nitrogens with zero attached hydrogens (tertiary/aromatic N) is 5. The molecule has 0 aromatic carbocycles. The zero-order valence-electron chi connectivity index (χ0n) is 15.5. The summed E-state index contributed by atoms with van der Waals surface area (Å²) >= 11 is 3.26. The number of aryl methyl sites for hydroxylation is 1. The molecule has 0 bridgehead atoms. The van der Waals surface area contributed by atoms with Gasteiger partial charge in [-0.15, -0.1) is 16.4 Å². The lowest BCUT2D eigenvalue weighted by Crippen LogP contribution is -2.36. The Morgan fingerprint density at radius 1 is 1.25 bits per heavy atom. The van der Waals surface area contributed by atoms with E-state index in [4.69, 9.17) is 0 Å². The molecule has 5 rings (SSSR count). The first-order chi connectivity index (χ1) is 13.7. The standard InChI is InChI=1S/C20H21N5OS2/c1-13-22-20-25(23-13)19(26)18(28-20)17(16-8-5-11-27-16)24-10-3-2-7-15(24)14-6-4-9-21-12-14/h4-6,8-9,11-12,15,17,26H,2-3,7,10H2,1H3. The van der Waals surface area contributed by atoms with Crippen LogP contribution in [0.2, 0.25) is 0 Å². The van der Waals surface area contributed by atoms with Gasteiger partial charge in [0.1, 0.15) is 5.82 Å². The van der Waals surface area contributed by atoms with E-state index < -0.39 is 0 Å². The first-order valence-electron chi connectivity index (χ1n) is 9.46. The van der Waals surface area contributed by atoms with Gasteiger partial charge in [-0.2, -0.15) is 4.52 Å². The van der Waals surface area contributed by atoms with Crippen molar-refractivity contribution in [1.82, 2.24) is 24.5 Å². The molecule has 1 aliphatic rings. The maximum absolute atomic E-state index is 11.0. The molecule has 4 aromatic heterocycles. The number of pyridine rings is 1. The Bertz CT molecular complexity index is 1070. The average Bonchev–Trinajstić information content (AvgIpc) is 3.43.